The van der Waals surface area contributed by atoms with Gasteiger partial charge in [-0.15, -0.1) is 0 Å². The van der Waals surface area contributed by atoms with Crippen molar-refractivity contribution in [2.45, 2.75) is 18.6 Å². The number of rotatable bonds is 4. The molecule has 2 N–H and O–H groups in total. The van der Waals surface area contributed by atoms with Crippen LogP contribution in [0, 0.1) is 0 Å². The largest absolute Gasteiger partial charge is 0.497 e. The average molecular weight is 532 g/mol. The summed E-state index contributed by atoms with van der Waals surface area (Å²) in [7, 11) is 3.87. The molecule has 0 bridgehead atoms. The van der Waals surface area contributed by atoms with Crippen LogP contribution in [0.2, 0.25) is 5.02 Å². The first kappa shape index (κ1) is 26.0. The molecule has 0 spiro atoms. The first-order valence-corrected chi connectivity index (χ1v) is 12.1. The van der Waals surface area contributed by atoms with Gasteiger partial charge >= 0.3 is 6.18 Å². The number of anilines is 1. The molecule has 0 saturated carbocycles. The van der Waals surface area contributed by atoms with E-state index in [-0.39, 0.29) is 6.04 Å². The van der Waals surface area contributed by atoms with Crippen molar-refractivity contribution in [3.63, 3.8) is 0 Å². The van der Waals surface area contributed by atoms with Crippen LogP contribution in [-0.2, 0) is 12.6 Å². The van der Waals surface area contributed by atoms with Gasteiger partial charge in [-0.3, -0.25) is 4.90 Å². The van der Waals surface area contributed by atoms with Crippen LogP contribution >= 0.6 is 23.8 Å². The minimum atomic E-state index is -4.31. The molecular weight excluding hydrogens is 507 g/mol. The zero-order valence-corrected chi connectivity index (χ0v) is 21.3. The Bertz CT molecular complexity index is 1350. The lowest BCUT2D eigenvalue weighted by molar-refractivity contribution is -0.137. The molecule has 0 saturated heterocycles. The van der Waals surface area contributed by atoms with E-state index in [2.05, 4.69) is 58.7 Å². The second-order valence-corrected chi connectivity index (χ2v) is 9.13. The lowest BCUT2D eigenvalue weighted by atomic mass is 9.93. The van der Waals surface area contributed by atoms with E-state index in [0.29, 0.717) is 5.69 Å². The van der Waals surface area contributed by atoms with Gasteiger partial charge in [0.2, 0.25) is 0 Å². The smallest absolute Gasteiger partial charge is 0.416 e. The summed E-state index contributed by atoms with van der Waals surface area (Å²) in [5, 5.41) is 4.55. The number of ether oxygens (including phenoxy) is 1. The number of hydrogen-bond donors (Lipinski definition) is 2. The van der Waals surface area contributed by atoms with Crippen LogP contribution in [0.4, 0.5) is 18.9 Å². The van der Waals surface area contributed by atoms with Crippen molar-refractivity contribution in [3.05, 3.63) is 94.1 Å². The fraction of sp³-hybridized carbons (Fsp3) is 0.222. The maximum Gasteiger partial charge on any atom is 0.416 e. The van der Waals surface area contributed by atoms with E-state index in [1.54, 1.807) is 7.11 Å². The predicted octanol–water partition coefficient (Wildman–Crippen LogP) is 7.48. The van der Waals surface area contributed by atoms with Crippen LogP contribution < -0.4 is 10.1 Å². The molecule has 188 valence electrons. The van der Waals surface area contributed by atoms with Crippen molar-refractivity contribution >= 4 is 45.9 Å². The normalized spacial score (nSPS) is 15.6. The van der Waals surface area contributed by atoms with Crippen LogP contribution in [0.15, 0.2) is 66.7 Å². The van der Waals surface area contributed by atoms with E-state index >= 15 is 0 Å². The molecule has 0 fully saturated rings. The number of alkyl halides is 3. The van der Waals surface area contributed by atoms with Gasteiger partial charge in [-0.05, 0) is 73.1 Å². The molecule has 1 aromatic heterocycles. The van der Waals surface area contributed by atoms with Gasteiger partial charge in [0.1, 0.15) is 5.75 Å². The molecule has 1 unspecified atom stereocenters. The third kappa shape index (κ3) is 5.67. The fourth-order valence-electron chi connectivity index (χ4n) is 4.44. The van der Waals surface area contributed by atoms with Gasteiger partial charge in [0.05, 0.1) is 24.2 Å². The fourth-order valence-corrected chi connectivity index (χ4v) is 4.75. The average Bonchev–Trinajstić information content (AvgIpc) is 3.22. The quantitative estimate of drug-likeness (QED) is 0.268. The molecular formula is C27H25ClF3N3OS. The van der Waals surface area contributed by atoms with E-state index < -0.39 is 11.7 Å². The van der Waals surface area contributed by atoms with Gasteiger partial charge in [0, 0.05) is 33.9 Å². The summed E-state index contributed by atoms with van der Waals surface area (Å²) in [5.74, 6) is 0.885. The number of nitrogens with one attached hydrogen (secondary N) is 2. The monoisotopic (exact) mass is 531 g/mol. The Hall–Kier alpha value is -3.07. The number of aromatic nitrogens is 1. The summed E-state index contributed by atoms with van der Waals surface area (Å²) in [6, 6.07) is 19.5. The van der Waals surface area contributed by atoms with Gasteiger partial charge < -0.3 is 15.0 Å². The first-order valence-electron chi connectivity index (χ1n) is 11.2. The molecule has 36 heavy (non-hydrogen) atoms. The van der Waals surface area contributed by atoms with Crippen LogP contribution in [0.3, 0.4) is 0 Å². The summed E-state index contributed by atoms with van der Waals surface area (Å²) < 4.78 is 41.7. The van der Waals surface area contributed by atoms with E-state index in [1.165, 1.54) is 34.3 Å². The second kappa shape index (κ2) is 10.9. The zero-order chi connectivity index (χ0) is 25.9. The molecule has 1 aliphatic heterocycles. The van der Waals surface area contributed by atoms with Crippen molar-refractivity contribution < 1.29 is 17.9 Å². The summed E-state index contributed by atoms with van der Waals surface area (Å²) in [5.41, 5.74) is 5.91. The molecule has 5 rings (SSSR count). The molecule has 0 radical (unpaired) electrons. The number of hydrogen-bond acceptors (Lipinski definition) is 3. The van der Waals surface area contributed by atoms with Gasteiger partial charge in [0.15, 0.2) is 0 Å². The van der Waals surface area contributed by atoms with E-state index in [4.69, 9.17) is 16.3 Å². The molecule has 0 amide bonds. The summed E-state index contributed by atoms with van der Waals surface area (Å²) >= 11 is 10.6. The van der Waals surface area contributed by atoms with E-state index in [9.17, 15) is 13.2 Å². The van der Waals surface area contributed by atoms with Gasteiger partial charge in [-0.1, -0.05) is 42.0 Å². The van der Waals surface area contributed by atoms with Crippen molar-refractivity contribution in [3.8, 4) is 5.75 Å². The molecule has 2 heterocycles. The molecule has 4 nitrogen and oxygen atoms in total. The lowest BCUT2D eigenvalue weighted by Crippen LogP contribution is -2.32. The van der Waals surface area contributed by atoms with Crippen molar-refractivity contribution in [2.75, 3.05) is 26.0 Å². The summed E-state index contributed by atoms with van der Waals surface area (Å²) in [4.78, 5) is 6.01. The van der Waals surface area contributed by atoms with Crippen molar-refractivity contribution in [1.82, 2.24) is 9.88 Å². The number of aromatic amines is 1. The number of fused-ring (bicyclic) bond motifs is 3. The number of likely N-dealkylation sites (N-methyl/N-ethyl adjacent to an activating group) is 1. The summed E-state index contributed by atoms with van der Waals surface area (Å²) in [6.45, 7) is 1.03. The second-order valence-electron chi connectivity index (χ2n) is 8.45. The van der Waals surface area contributed by atoms with Crippen molar-refractivity contribution in [1.29, 1.82) is 0 Å². The number of halogens is 4. The van der Waals surface area contributed by atoms with Gasteiger partial charge in [0.25, 0.3) is 0 Å². The topological polar surface area (TPSA) is 40.3 Å². The molecule has 1 aliphatic rings. The number of methoxy groups -OCH3 is 1. The minimum absolute atomic E-state index is 0.232. The standard InChI is InChI=1S/C19H19ClN2O.C8H6F3NS/c1-22-10-9-15-16-11-13(20)5-8-17(16)21-18(15)19(22)12-3-6-14(23-2)7-4-12;9-8(10,11)6-2-1-3-7(4-6)12-5-13/h3-8,11,19,21H,9-10H2,1-2H3;1-5H,(H,12,13). The number of H-pyrrole nitrogens is 1. The van der Waals surface area contributed by atoms with E-state index in [1.807, 2.05) is 18.2 Å². The summed E-state index contributed by atoms with van der Waals surface area (Å²) in [6.07, 6.45) is -3.27. The zero-order valence-electron chi connectivity index (χ0n) is 19.7. The Morgan fingerprint density at radius 3 is 2.53 bits per heavy atom. The number of benzene rings is 3. The molecule has 4 aromatic rings. The van der Waals surface area contributed by atoms with Gasteiger partial charge in [-0.2, -0.15) is 13.2 Å². The minimum Gasteiger partial charge on any atom is -0.497 e. The third-order valence-electron chi connectivity index (χ3n) is 6.18. The maximum atomic E-state index is 12.1. The number of thiocarbonyl (C=S) groups is 1. The predicted molar refractivity (Wildman–Crippen MR) is 143 cm³/mol. The highest BCUT2D eigenvalue weighted by Gasteiger charge is 2.30. The molecule has 9 heteroatoms. The first-order chi connectivity index (χ1) is 17.2. The highest BCUT2D eigenvalue weighted by Crippen LogP contribution is 2.38. The Morgan fingerprint density at radius 2 is 1.86 bits per heavy atom. The van der Waals surface area contributed by atoms with Crippen LogP contribution in [0.5, 0.6) is 5.75 Å². The molecule has 1 atom stereocenters. The Morgan fingerprint density at radius 1 is 1.11 bits per heavy atom. The SMILES string of the molecule is COc1ccc(C2c3[nH]c4ccc(Cl)cc4c3CCN2C)cc1.FC(F)(F)c1cccc(NC=S)c1. The van der Waals surface area contributed by atoms with Crippen LogP contribution in [-0.4, -0.2) is 36.1 Å². The Kier molecular flexibility index (Phi) is 7.88. The number of nitrogens with zero attached hydrogens (tertiary/aromatic N) is 1. The van der Waals surface area contributed by atoms with Crippen LogP contribution in [0.25, 0.3) is 10.9 Å². The highest BCUT2D eigenvalue weighted by molar-refractivity contribution is 7.79. The molecule has 3 aromatic carbocycles. The Balaban J connectivity index is 0.000000200. The van der Waals surface area contributed by atoms with E-state index in [0.717, 1.165) is 46.9 Å². The highest BCUT2D eigenvalue weighted by atomic mass is 35.5. The Labute approximate surface area is 218 Å². The maximum absolute atomic E-state index is 12.1. The van der Waals surface area contributed by atoms with Crippen LogP contribution in [0.1, 0.15) is 28.4 Å². The van der Waals surface area contributed by atoms with Crippen molar-refractivity contribution in [2.24, 2.45) is 0 Å². The van der Waals surface area contributed by atoms with Gasteiger partial charge in [-0.25, -0.2) is 0 Å². The lowest BCUT2D eigenvalue weighted by Gasteiger charge is -2.33. The molecule has 0 aliphatic carbocycles. The third-order valence-corrected chi connectivity index (χ3v) is 6.53.